The van der Waals surface area contributed by atoms with Gasteiger partial charge in [0.15, 0.2) is 0 Å². The average Bonchev–Trinajstić information content (AvgIpc) is 2.93. The molecule has 0 spiro atoms. The molecule has 0 aliphatic carbocycles. The zero-order chi connectivity index (χ0) is 26.5. The van der Waals surface area contributed by atoms with Crippen molar-refractivity contribution in [2.24, 2.45) is 5.92 Å². The van der Waals surface area contributed by atoms with E-state index in [9.17, 15) is 9.18 Å². The SMILES string of the molecule is CCC(c1ccc(F)c2c(C(=O)NC)ccnc12)C(C)CNc1cc(-c2cnc(C(C)C)nc2)ncn1. The Balaban J connectivity index is 1.55. The highest BCUT2D eigenvalue weighted by molar-refractivity contribution is 6.06. The lowest BCUT2D eigenvalue weighted by Gasteiger charge is -2.25. The fourth-order valence-electron chi connectivity index (χ4n) is 4.59. The van der Waals surface area contributed by atoms with E-state index in [1.54, 1.807) is 30.7 Å². The first-order valence-corrected chi connectivity index (χ1v) is 12.5. The van der Waals surface area contributed by atoms with Crippen molar-refractivity contribution in [3.05, 3.63) is 72.0 Å². The predicted octanol–water partition coefficient (Wildman–Crippen LogP) is 5.35. The Morgan fingerprint density at radius 2 is 1.78 bits per heavy atom. The second kappa shape index (κ2) is 11.4. The number of anilines is 1. The van der Waals surface area contributed by atoms with Crippen molar-refractivity contribution in [2.75, 3.05) is 18.9 Å². The molecule has 3 aromatic heterocycles. The molecule has 37 heavy (non-hydrogen) atoms. The first kappa shape index (κ1) is 26.1. The molecule has 0 aliphatic rings. The van der Waals surface area contributed by atoms with Crippen molar-refractivity contribution in [1.29, 1.82) is 0 Å². The second-order valence-corrected chi connectivity index (χ2v) is 9.44. The Morgan fingerprint density at radius 1 is 1.03 bits per heavy atom. The molecule has 9 heteroatoms. The van der Waals surface area contributed by atoms with Crippen molar-refractivity contribution in [2.45, 2.75) is 46.0 Å². The van der Waals surface area contributed by atoms with Crippen LogP contribution in [0.2, 0.25) is 0 Å². The lowest BCUT2D eigenvalue weighted by atomic mass is 9.83. The van der Waals surface area contributed by atoms with Crippen molar-refractivity contribution < 1.29 is 9.18 Å². The Morgan fingerprint density at radius 3 is 2.46 bits per heavy atom. The summed E-state index contributed by atoms with van der Waals surface area (Å²) in [6.45, 7) is 8.98. The molecule has 4 rings (SSSR count). The molecule has 3 heterocycles. The van der Waals surface area contributed by atoms with Crippen LogP contribution in [0.4, 0.5) is 10.2 Å². The van der Waals surface area contributed by atoms with Crippen molar-refractivity contribution in [1.82, 2.24) is 30.2 Å². The molecule has 2 N–H and O–H groups in total. The summed E-state index contributed by atoms with van der Waals surface area (Å²) in [6.07, 6.45) is 7.47. The molecule has 8 nitrogen and oxygen atoms in total. The van der Waals surface area contributed by atoms with Gasteiger partial charge in [0.2, 0.25) is 0 Å². The highest BCUT2D eigenvalue weighted by Crippen LogP contribution is 2.35. The summed E-state index contributed by atoms with van der Waals surface area (Å²) in [6, 6.07) is 6.64. The number of aromatic nitrogens is 5. The van der Waals surface area contributed by atoms with E-state index in [2.05, 4.69) is 63.2 Å². The molecule has 192 valence electrons. The maximum Gasteiger partial charge on any atom is 0.251 e. The van der Waals surface area contributed by atoms with Crippen LogP contribution >= 0.6 is 0 Å². The molecular weight excluding hydrogens is 469 g/mol. The third kappa shape index (κ3) is 5.55. The quantitative estimate of drug-likeness (QED) is 0.319. The number of carbonyl (C=O) groups is 1. The Bertz CT molecular complexity index is 1390. The minimum absolute atomic E-state index is 0.0846. The molecular formula is C28H32FN7O. The van der Waals surface area contributed by atoms with Crippen LogP contribution in [0.1, 0.15) is 67.7 Å². The molecule has 1 amide bonds. The smallest absolute Gasteiger partial charge is 0.251 e. The van der Waals surface area contributed by atoms with Crippen molar-refractivity contribution in [3.8, 4) is 11.3 Å². The van der Waals surface area contributed by atoms with Gasteiger partial charge >= 0.3 is 0 Å². The number of halogens is 1. The van der Waals surface area contributed by atoms with Crippen LogP contribution in [0.5, 0.6) is 0 Å². The van der Waals surface area contributed by atoms with Gasteiger partial charge < -0.3 is 10.6 Å². The molecule has 2 atom stereocenters. The van der Waals surface area contributed by atoms with Gasteiger partial charge in [-0.05, 0) is 36.0 Å². The van der Waals surface area contributed by atoms with Gasteiger partial charge in [0.25, 0.3) is 5.91 Å². The van der Waals surface area contributed by atoms with E-state index in [0.717, 1.165) is 29.1 Å². The summed E-state index contributed by atoms with van der Waals surface area (Å²) in [7, 11) is 1.53. The number of nitrogens with one attached hydrogen (secondary N) is 2. The van der Waals surface area contributed by atoms with Crippen LogP contribution in [-0.4, -0.2) is 44.4 Å². The zero-order valence-electron chi connectivity index (χ0n) is 21.8. The van der Waals surface area contributed by atoms with Crippen LogP contribution in [-0.2, 0) is 0 Å². The number of pyridine rings is 1. The predicted molar refractivity (Wildman–Crippen MR) is 143 cm³/mol. The maximum absolute atomic E-state index is 14.8. The van der Waals surface area contributed by atoms with Crippen LogP contribution < -0.4 is 10.6 Å². The molecule has 0 bridgehead atoms. The van der Waals surface area contributed by atoms with Gasteiger partial charge in [0, 0.05) is 55.1 Å². The molecule has 0 fully saturated rings. The van der Waals surface area contributed by atoms with E-state index in [1.807, 2.05) is 6.07 Å². The first-order chi connectivity index (χ1) is 17.8. The van der Waals surface area contributed by atoms with E-state index in [0.29, 0.717) is 17.9 Å². The standard InChI is InChI=1S/C28H32FN7O/c1-6-19(20-7-8-22(29)25-21(28(37)30-5)9-10-31-26(20)25)17(4)12-32-24-11-23(35-15-36-24)18-13-33-27(16(2)3)34-14-18/h7-11,13-17,19H,6,12H2,1-5H3,(H,30,37)(H,32,35,36). The Hall–Kier alpha value is -4.01. The van der Waals surface area contributed by atoms with E-state index >= 15 is 0 Å². The van der Waals surface area contributed by atoms with Crippen LogP contribution in [0, 0.1) is 11.7 Å². The number of nitrogens with zero attached hydrogens (tertiary/aromatic N) is 5. The molecule has 0 saturated carbocycles. The number of amides is 1. The van der Waals surface area contributed by atoms with Crippen LogP contribution in [0.15, 0.2) is 49.2 Å². The third-order valence-electron chi connectivity index (χ3n) is 6.63. The molecule has 2 unspecified atom stereocenters. The van der Waals surface area contributed by atoms with Crippen LogP contribution in [0.3, 0.4) is 0 Å². The van der Waals surface area contributed by atoms with Gasteiger partial charge in [0.05, 0.1) is 16.8 Å². The van der Waals surface area contributed by atoms with E-state index in [-0.39, 0.29) is 34.6 Å². The number of fused-ring (bicyclic) bond motifs is 1. The number of carbonyl (C=O) groups excluding carboxylic acids is 1. The topological polar surface area (TPSA) is 106 Å². The number of hydrogen-bond donors (Lipinski definition) is 2. The lowest BCUT2D eigenvalue weighted by molar-refractivity contribution is 0.0964. The minimum Gasteiger partial charge on any atom is -0.370 e. The van der Waals surface area contributed by atoms with Gasteiger partial charge in [-0.3, -0.25) is 9.78 Å². The summed E-state index contributed by atoms with van der Waals surface area (Å²) in [5.74, 6) is 1.20. The fraction of sp³-hybridized carbons (Fsp3) is 0.357. The van der Waals surface area contributed by atoms with E-state index in [4.69, 9.17) is 0 Å². The maximum atomic E-state index is 14.8. The summed E-state index contributed by atoms with van der Waals surface area (Å²) >= 11 is 0. The summed E-state index contributed by atoms with van der Waals surface area (Å²) in [5, 5.41) is 6.26. The highest BCUT2D eigenvalue weighted by atomic mass is 19.1. The molecule has 0 saturated heterocycles. The average molecular weight is 502 g/mol. The van der Waals surface area contributed by atoms with Gasteiger partial charge in [-0.2, -0.15) is 0 Å². The van der Waals surface area contributed by atoms with Gasteiger partial charge in [0.1, 0.15) is 23.8 Å². The minimum atomic E-state index is -0.454. The fourth-order valence-corrected chi connectivity index (χ4v) is 4.59. The zero-order valence-corrected chi connectivity index (χ0v) is 21.8. The summed E-state index contributed by atoms with van der Waals surface area (Å²) in [5.41, 5.74) is 3.29. The first-order valence-electron chi connectivity index (χ1n) is 12.5. The highest BCUT2D eigenvalue weighted by Gasteiger charge is 2.24. The summed E-state index contributed by atoms with van der Waals surface area (Å²) in [4.78, 5) is 34.5. The van der Waals surface area contributed by atoms with Crippen molar-refractivity contribution >= 4 is 22.6 Å². The second-order valence-electron chi connectivity index (χ2n) is 9.44. The van der Waals surface area contributed by atoms with Crippen molar-refractivity contribution in [3.63, 3.8) is 0 Å². The molecule has 1 aromatic carbocycles. The molecule has 0 aliphatic heterocycles. The Labute approximate surface area is 216 Å². The van der Waals surface area contributed by atoms with Gasteiger partial charge in [-0.1, -0.05) is 33.8 Å². The van der Waals surface area contributed by atoms with Gasteiger partial charge in [-0.15, -0.1) is 0 Å². The normalized spacial score (nSPS) is 12.9. The lowest BCUT2D eigenvalue weighted by Crippen LogP contribution is -2.21. The third-order valence-corrected chi connectivity index (χ3v) is 6.63. The van der Waals surface area contributed by atoms with E-state index in [1.165, 1.54) is 19.4 Å². The number of hydrogen-bond acceptors (Lipinski definition) is 7. The molecule has 4 aromatic rings. The largest absolute Gasteiger partial charge is 0.370 e. The van der Waals surface area contributed by atoms with Crippen LogP contribution in [0.25, 0.3) is 22.2 Å². The summed E-state index contributed by atoms with van der Waals surface area (Å²) < 4.78 is 14.8. The monoisotopic (exact) mass is 501 g/mol. The molecule has 0 radical (unpaired) electrons. The number of benzene rings is 1. The number of rotatable bonds is 9. The van der Waals surface area contributed by atoms with E-state index < -0.39 is 5.82 Å². The van der Waals surface area contributed by atoms with Gasteiger partial charge in [-0.25, -0.2) is 24.3 Å². The Kier molecular flexibility index (Phi) is 8.01.